The Hall–Kier alpha value is -2.08. The Kier molecular flexibility index (Phi) is 6.52. The second kappa shape index (κ2) is 8.16. The molecule has 1 rings (SSSR count). The summed E-state index contributed by atoms with van der Waals surface area (Å²) in [4.78, 5) is 24.2. The molecule has 6 nitrogen and oxygen atoms in total. The van der Waals surface area contributed by atoms with Gasteiger partial charge in [0.25, 0.3) is 0 Å². The van der Waals surface area contributed by atoms with Crippen LogP contribution in [0.1, 0.15) is 12.5 Å². The monoisotopic (exact) mass is 280 g/mol. The van der Waals surface area contributed by atoms with Gasteiger partial charge in [0.05, 0.1) is 13.0 Å². The molecule has 0 bridgehead atoms. The van der Waals surface area contributed by atoms with E-state index in [4.69, 9.17) is 9.84 Å². The van der Waals surface area contributed by atoms with Crippen molar-refractivity contribution in [3.63, 3.8) is 0 Å². The molecule has 0 saturated heterocycles. The highest BCUT2D eigenvalue weighted by atomic mass is 16.5. The molecule has 0 spiro atoms. The van der Waals surface area contributed by atoms with Crippen LogP contribution in [0.15, 0.2) is 24.3 Å². The number of rotatable bonds is 7. The van der Waals surface area contributed by atoms with Crippen molar-refractivity contribution >= 4 is 17.7 Å². The highest BCUT2D eigenvalue weighted by Crippen LogP contribution is 2.11. The van der Waals surface area contributed by atoms with Gasteiger partial charge in [-0.1, -0.05) is 12.1 Å². The number of nitrogens with zero attached hydrogens (tertiary/aromatic N) is 1. The quantitative estimate of drug-likeness (QED) is 0.798. The van der Waals surface area contributed by atoms with Crippen molar-refractivity contribution in [2.45, 2.75) is 13.3 Å². The van der Waals surface area contributed by atoms with Crippen LogP contribution < -0.4 is 5.32 Å². The highest BCUT2D eigenvalue weighted by Gasteiger charge is 2.11. The fourth-order valence-electron chi connectivity index (χ4n) is 1.69. The normalized spacial score (nSPS) is 10.1. The number of carbonyl (C=O) groups excluding carboxylic acids is 1. The highest BCUT2D eigenvalue weighted by molar-refractivity contribution is 5.89. The van der Waals surface area contributed by atoms with Crippen molar-refractivity contribution in [1.82, 2.24) is 4.90 Å². The van der Waals surface area contributed by atoms with Gasteiger partial charge in [-0.25, -0.2) is 4.79 Å². The fourth-order valence-corrected chi connectivity index (χ4v) is 1.69. The van der Waals surface area contributed by atoms with E-state index in [2.05, 4.69) is 5.32 Å². The average Bonchev–Trinajstić information content (AvgIpc) is 2.41. The first-order chi connectivity index (χ1) is 9.56. The minimum atomic E-state index is -0.876. The van der Waals surface area contributed by atoms with Gasteiger partial charge in [-0.2, -0.15) is 0 Å². The number of ether oxygens (including phenoxy) is 1. The number of hydrogen-bond acceptors (Lipinski definition) is 3. The van der Waals surface area contributed by atoms with Gasteiger partial charge >= 0.3 is 12.0 Å². The molecule has 1 aromatic rings. The Morgan fingerprint density at radius 2 is 1.95 bits per heavy atom. The molecule has 0 fully saturated rings. The fraction of sp³-hybridized carbons (Fsp3) is 0.429. The van der Waals surface area contributed by atoms with Crippen LogP contribution in [0.4, 0.5) is 10.5 Å². The van der Waals surface area contributed by atoms with E-state index in [0.717, 1.165) is 0 Å². The van der Waals surface area contributed by atoms with Crippen molar-refractivity contribution in [1.29, 1.82) is 0 Å². The van der Waals surface area contributed by atoms with Gasteiger partial charge in [0, 0.05) is 25.9 Å². The van der Waals surface area contributed by atoms with Crippen LogP contribution in [0, 0.1) is 0 Å². The first-order valence-corrected chi connectivity index (χ1v) is 6.42. The Morgan fingerprint density at radius 3 is 2.45 bits per heavy atom. The number of methoxy groups -OCH3 is 1. The first-order valence-electron chi connectivity index (χ1n) is 6.42. The minimum Gasteiger partial charge on any atom is -0.481 e. The van der Waals surface area contributed by atoms with Gasteiger partial charge in [-0.15, -0.1) is 0 Å². The molecule has 6 heteroatoms. The third-order valence-corrected chi connectivity index (χ3v) is 2.79. The van der Waals surface area contributed by atoms with E-state index in [1.807, 2.05) is 6.92 Å². The SMILES string of the molecule is CCN(CCOC)C(=O)Nc1ccc(CC(=O)O)cc1. The molecule has 0 aliphatic heterocycles. The molecule has 20 heavy (non-hydrogen) atoms. The van der Waals surface area contributed by atoms with Crippen LogP contribution in [0.5, 0.6) is 0 Å². The molecule has 0 radical (unpaired) electrons. The zero-order valence-corrected chi connectivity index (χ0v) is 11.8. The Bertz CT molecular complexity index is 445. The van der Waals surface area contributed by atoms with Crippen LogP contribution in [-0.4, -0.2) is 48.8 Å². The predicted molar refractivity (Wildman–Crippen MR) is 75.9 cm³/mol. The molecule has 0 aromatic heterocycles. The maximum atomic E-state index is 12.0. The summed E-state index contributed by atoms with van der Waals surface area (Å²) in [7, 11) is 1.59. The maximum Gasteiger partial charge on any atom is 0.321 e. The van der Waals surface area contributed by atoms with Crippen molar-refractivity contribution in [2.24, 2.45) is 0 Å². The number of carboxylic acid groups (broad SMARTS) is 1. The summed E-state index contributed by atoms with van der Waals surface area (Å²) in [6, 6.07) is 6.57. The number of carbonyl (C=O) groups is 2. The number of anilines is 1. The Labute approximate surface area is 118 Å². The molecule has 2 amide bonds. The number of amides is 2. The molecular weight excluding hydrogens is 260 g/mol. The third-order valence-electron chi connectivity index (χ3n) is 2.79. The van der Waals surface area contributed by atoms with E-state index in [1.165, 1.54) is 0 Å². The standard InChI is InChI=1S/C14H20N2O4/c1-3-16(8-9-20-2)14(19)15-12-6-4-11(5-7-12)10-13(17)18/h4-7H,3,8-10H2,1-2H3,(H,15,19)(H,17,18). The number of aliphatic carboxylic acids is 1. The van der Waals surface area contributed by atoms with Crippen LogP contribution >= 0.6 is 0 Å². The summed E-state index contributed by atoms with van der Waals surface area (Å²) >= 11 is 0. The Morgan fingerprint density at radius 1 is 1.30 bits per heavy atom. The second-order valence-electron chi connectivity index (χ2n) is 4.27. The summed E-state index contributed by atoms with van der Waals surface area (Å²) in [5, 5.41) is 11.4. The van der Waals surface area contributed by atoms with Crippen molar-refractivity contribution in [2.75, 3.05) is 32.1 Å². The van der Waals surface area contributed by atoms with E-state index >= 15 is 0 Å². The Balaban J connectivity index is 2.58. The van der Waals surface area contributed by atoms with Crippen molar-refractivity contribution in [3.05, 3.63) is 29.8 Å². The molecule has 0 aliphatic carbocycles. The number of hydrogen-bond donors (Lipinski definition) is 2. The molecule has 0 heterocycles. The smallest absolute Gasteiger partial charge is 0.321 e. The average molecular weight is 280 g/mol. The van der Waals surface area contributed by atoms with Crippen LogP contribution in [0.3, 0.4) is 0 Å². The van der Waals surface area contributed by atoms with E-state index in [-0.39, 0.29) is 12.5 Å². The third kappa shape index (κ3) is 5.27. The molecule has 110 valence electrons. The maximum absolute atomic E-state index is 12.0. The lowest BCUT2D eigenvalue weighted by Gasteiger charge is -2.21. The summed E-state index contributed by atoms with van der Waals surface area (Å²) in [5.41, 5.74) is 1.34. The topological polar surface area (TPSA) is 78.9 Å². The van der Waals surface area contributed by atoms with Gasteiger partial charge in [-0.05, 0) is 24.6 Å². The summed E-state index contributed by atoms with van der Waals surface area (Å²) in [5.74, 6) is -0.876. The number of carboxylic acids is 1. The molecule has 1 aromatic carbocycles. The summed E-state index contributed by atoms with van der Waals surface area (Å²) in [6.07, 6.45) is -0.0247. The lowest BCUT2D eigenvalue weighted by Crippen LogP contribution is -2.37. The van der Waals surface area contributed by atoms with E-state index in [0.29, 0.717) is 30.9 Å². The van der Waals surface area contributed by atoms with Gasteiger partial charge in [-0.3, -0.25) is 4.79 Å². The molecule has 2 N–H and O–H groups in total. The largest absolute Gasteiger partial charge is 0.481 e. The van der Waals surface area contributed by atoms with E-state index in [1.54, 1.807) is 36.3 Å². The zero-order valence-electron chi connectivity index (χ0n) is 11.8. The lowest BCUT2D eigenvalue weighted by atomic mass is 10.1. The molecule has 0 saturated carbocycles. The van der Waals surface area contributed by atoms with Gasteiger partial charge in [0.2, 0.25) is 0 Å². The van der Waals surface area contributed by atoms with Crippen LogP contribution in [0.2, 0.25) is 0 Å². The predicted octanol–water partition coefficient (Wildman–Crippen LogP) is 1.81. The summed E-state index contributed by atoms with van der Waals surface area (Å²) < 4.78 is 4.95. The van der Waals surface area contributed by atoms with Crippen molar-refractivity contribution < 1.29 is 19.4 Å². The van der Waals surface area contributed by atoms with E-state index in [9.17, 15) is 9.59 Å². The van der Waals surface area contributed by atoms with E-state index < -0.39 is 5.97 Å². The number of likely N-dealkylation sites (N-methyl/N-ethyl adjacent to an activating group) is 1. The zero-order chi connectivity index (χ0) is 15.0. The second-order valence-corrected chi connectivity index (χ2v) is 4.27. The van der Waals surface area contributed by atoms with Crippen LogP contribution in [0.25, 0.3) is 0 Å². The van der Waals surface area contributed by atoms with Gasteiger partial charge in [0.15, 0.2) is 0 Å². The lowest BCUT2D eigenvalue weighted by molar-refractivity contribution is -0.136. The first kappa shape index (κ1) is 16.0. The minimum absolute atomic E-state index is 0.0247. The molecule has 0 unspecified atom stereocenters. The van der Waals surface area contributed by atoms with Crippen molar-refractivity contribution in [3.8, 4) is 0 Å². The molecular formula is C14H20N2O4. The number of benzene rings is 1. The number of nitrogens with one attached hydrogen (secondary N) is 1. The summed E-state index contributed by atoms with van der Waals surface area (Å²) in [6.45, 7) is 3.49. The van der Waals surface area contributed by atoms with Crippen LogP contribution in [-0.2, 0) is 16.0 Å². The van der Waals surface area contributed by atoms with Gasteiger partial charge < -0.3 is 20.1 Å². The molecule has 0 atom stereocenters. The van der Waals surface area contributed by atoms with Gasteiger partial charge in [0.1, 0.15) is 0 Å². The molecule has 0 aliphatic rings. The number of urea groups is 1.